The third-order valence-corrected chi connectivity index (χ3v) is 3.35. The summed E-state index contributed by atoms with van der Waals surface area (Å²) in [7, 11) is 0. The second-order valence-electron chi connectivity index (χ2n) is 4.59. The van der Waals surface area contributed by atoms with E-state index in [0.29, 0.717) is 5.69 Å². The van der Waals surface area contributed by atoms with Crippen molar-refractivity contribution in [2.24, 2.45) is 5.73 Å². The predicted octanol–water partition coefficient (Wildman–Crippen LogP) is 3.75. The summed E-state index contributed by atoms with van der Waals surface area (Å²) in [6, 6.07) is 14.3. The minimum absolute atomic E-state index is 0.0517. The summed E-state index contributed by atoms with van der Waals surface area (Å²) in [5.41, 5.74) is 8.10. The van der Waals surface area contributed by atoms with E-state index in [1.165, 1.54) is 6.07 Å². The van der Waals surface area contributed by atoms with Crippen molar-refractivity contribution in [3.05, 3.63) is 66.1 Å². The van der Waals surface area contributed by atoms with Crippen molar-refractivity contribution in [2.75, 3.05) is 5.32 Å². The van der Waals surface area contributed by atoms with Crippen LogP contribution in [0.3, 0.4) is 0 Å². The molecule has 3 aromatic rings. The van der Waals surface area contributed by atoms with Crippen molar-refractivity contribution in [1.29, 1.82) is 0 Å². The largest absolute Gasteiger partial charge is 0.389 e. The van der Waals surface area contributed by atoms with E-state index in [1.54, 1.807) is 18.3 Å². The fraction of sp³-hybridized carbons (Fsp3) is 0. The van der Waals surface area contributed by atoms with Gasteiger partial charge in [0.25, 0.3) is 0 Å². The van der Waals surface area contributed by atoms with Crippen LogP contribution in [0.5, 0.6) is 0 Å². The Labute approximate surface area is 126 Å². The van der Waals surface area contributed by atoms with Crippen LogP contribution >= 0.6 is 12.2 Å². The van der Waals surface area contributed by atoms with Gasteiger partial charge in [0.05, 0.1) is 5.52 Å². The number of nitrogens with zero attached hydrogens (tertiary/aromatic N) is 1. The quantitative estimate of drug-likeness (QED) is 0.723. The molecule has 0 bridgehead atoms. The minimum atomic E-state index is -0.435. The molecule has 0 aliphatic rings. The molecule has 0 saturated carbocycles. The average Bonchev–Trinajstić information content (AvgIpc) is 2.47. The molecule has 0 spiro atoms. The van der Waals surface area contributed by atoms with Crippen molar-refractivity contribution in [2.45, 2.75) is 0 Å². The molecule has 1 heterocycles. The normalized spacial score (nSPS) is 10.5. The summed E-state index contributed by atoms with van der Waals surface area (Å²) in [5.74, 6) is -0.435. The van der Waals surface area contributed by atoms with Crippen molar-refractivity contribution in [3.8, 4) is 0 Å². The zero-order chi connectivity index (χ0) is 14.8. The summed E-state index contributed by atoms with van der Waals surface area (Å²) in [5, 5.41) is 4.17. The highest BCUT2D eigenvalue weighted by atomic mass is 32.1. The number of benzene rings is 2. The van der Waals surface area contributed by atoms with Crippen molar-refractivity contribution in [3.63, 3.8) is 0 Å². The second kappa shape index (κ2) is 5.46. The van der Waals surface area contributed by atoms with Crippen LogP contribution in [0, 0.1) is 5.82 Å². The first kappa shape index (κ1) is 13.5. The Morgan fingerprint density at radius 1 is 1.10 bits per heavy atom. The van der Waals surface area contributed by atoms with Gasteiger partial charge >= 0.3 is 0 Å². The van der Waals surface area contributed by atoms with E-state index in [9.17, 15) is 4.39 Å². The van der Waals surface area contributed by atoms with Gasteiger partial charge in [0, 0.05) is 28.5 Å². The highest BCUT2D eigenvalue weighted by Crippen LogP contribution is 2.22. The standard InChI is InChI=1S/C16H12FN3S/c17-14-9-12(3-5-13(14)16(18)21)20-11-4-6-15-10(8-11)2-1-7-19-15/h1-9,20H,(H2,18,21). The Morgan fingerprint density at radius 3 is 2.62 bits per heavy atom. The van der Waals surface area contributed by atoms with Crippen LogP contribution in [0.2, 0.25) is 0 Å². The highest BCUT2D eigenvalue weighted by molar-refractivity contribution is 7.80. The summed E-state index contributed by atoms with van der Waals surface area (Å²) < 4.78 is 13.8. The molecule has 5 heteroatoms. The van der Waals surface area contributed by atoms with E-state index in [-0.39, 0.29) is 10.6 Å². The number of rotatable bonds is 3. The topological polar surface area (TPSA) is 50.9 Å². The molecule has 1 aromatic heterocycles. The molecule has 0 saturated heterocycles. The van der Waals surface area contributed by atoms with Gasteiger partial charge in [0.15, 0.2) is 0 Å². The van der Waals surface area contributed by atoms with Crippen molar-refractivity contribution < 1.29 is 4.39 Å². The third-order valence-electron chi connectivity index (χ3n) is 3.13. The van der Waals surface area contributed by atoms with Gasteiger partial charge in [-0.05, 0) is 42.5 Å². The molecule has 0 fully saturated rings. The lowest BCUT2D eigenvalue weighted by atomic mass is 10.1. The lowest BCUT2D eigenvalue weighted by Gasteiger charge is -2.09. The molecule has 0 radical (unpaired) electrons. The maximum Gasteiger partial charge on any atom is 0.135 e. The number of anilines is 2. The Morgan fingerprint density at radius 2 is 1.86 bits per heavy atom. The van der Waals surface area contributed by atoms with Gasteiger partial charge in [-0.25, -0.2) is 4.39 Å². The summed E-state index contributed by atoms with van der Waals surface area (Å²) in [4.78, 5) is 4.31. The van der Waals surface area contributed by atoms with Gasteiger partial charge in [-0.1, -0.05) is 18.3 Å². The number of thiocarbonyl (C=S) groups is 1. The van der Waals surface area contributed by atoms with Crippen molar-refractivity contribution >= 4 is 39.5 Å². The number of aromatic nitrogens is 1. The van der Waals surface area contributed by atoms with Gasteiger partial charge in [0.2, 0.25) is 0 Å². The Balaban J connectivity index is 1.91. The molecule has 0 aliphatic heterocycles. The molecule has 0 aliphatic carbocycles. The Kier molecular flexibility index (Phi) is 3.50. The van der Waals surface area contributed by atoms with Crippen LogP contribution in [0.25, 0.3) is 10.9 Å². The average molecular weight is 297 g/mol. The minimum Gasteiger partial charge on any atom is -0.389 e. The number of nitrogens with one attached hydrogen (secondary N) is 1. The van der Waals surface area contributed by atoms with E-state index in [0.717, 1.165) is 16.6 Å². The SMILES string of the molecule is NC(=S)c1ccc(Nc2ccc3ncccc3c2)cc1F. The molecule has 2 aromatic carbocycles. The number of pyridine rings is 1. The molecule has 0 amide bonds. The Hall–Kier alpha value is -2.53. The molecule has 104 valence electrons. The van der Waals surface area contributed by atoms with Crippen LogP contribution in [0.4, 0.5) is 15.8 Å². The maximum atomic E-state index is 13.8. The zero-order valence-electron chi connectivity index (χ0n) is 11.0. The monoisotopic (exact) mass is 297 g/mol. The predicted molar refractivity (Wildman–Crippen MR) is 87.3 cm³/mol. The van der Waals surface area contributed by atoms with Gasteiger partial charge in [-0.3, -0.25) is 4.98 Å². The molecule has 0 atom stereocenters. The van der Waals surface area contributed by atoms with Crippen LogP contribution in [0.15, 0.2) is 54.7 Å². The lowest BCUT2D eigenvalue weighted by molar-refractivity contribution is 0.626. The van der Waals surface area contributed by atoms with E-state index in [4.69, 9.17) is 18.0 Å². The molecular formula is C16H12FN3S. The smallest absolute Gasteiger partial charge is 0.135 e. The number of hydrogen-bond donors (Lipinski definition) is 2. The summed E-state index contributed by atoms with van der Waals surface area (Å²) >= 11 is 4.79. The molecular weight excluding hydrogens is 285 g/mol. The van der Waals surface area contributed by atoms with Gasteiger partial charge < -0.3 is 11.1 Å². The van der Waals surface area contributed by atoms with E-state index in [1.807, 2.05) is 30.3 Å². The summed E-state index contributed by atoms with van der Waals surface area (Å²) in [6.07, 6.45) is 1.75. The van der Waals surface area contributed by atoms with E-state index < -0.39 is 5.82 Å². The van der Waals surface area contributed by atoms with E-state index >= 15 is 0 Å². The van der Waals surface area contributed by atoms with Crippen LogP contribution in [-0.2, 0) is 0 Å². The molecule has 3 N–H and O–H groups in total. The molecule has 0 unspecified atom stereocenters. The molecule has 3 rings (SSSR count). The molecule has 3 nitrogen and oxygen atoms in total. The first-order chi connectivity index (χ1) is 10.1. The van der Waals surface area contributed by atoms with Gasteiger partial charge in [-0.15, -0.1) is 0 Å². The first-order valence-corrected chi connectivity index (χ1v) is 6.75. The van der Waals surface area contributed by atoms with Gasteiger partial charge in [-0.2, -0.15) is 0 Å². The fourth-order valence-corrected chi connectivity index (χ4v) is 2.28. The maximum absolute atomic E-state index is 13.8. The number of halogens is 1. The second-order valence-corrected chi connectivity index (χ2v) is 5.03. The van der Waals surface area contributed by atoms with Gasteiger partial charge in [0.1, 0.15) is 10.8 Å². The van der Waals surface area contributed by atoms with Crippen LogP contribution in [0.1, 0.15) is 5.56 Å². The van der Waals surface area contributed by atoms with Crippen LogP contribution in [-0.4, -0.2) is 9.97 Å². The van der Waals surface area contributed by atoms with E-state index in [2.05, 4.69) is 10.3 Å². The number of fused-ring (bicyclic) bond motifs is 1. The molecule has 21 heavy (non-hydrogen) atoms. The lowest BCUT2D eigenvalue weighted by Crippen LogP contribution is -2.11. The number of hydrogen-bond acceptors (Lipinski definition) is 3. The third kappa shape index (κ3) is 2.83. The first-order valence-electron chi connectivity index (χ1n) is 6.34. The highest BCUT2D eigenvalue weighted by Gasteiger charge is 2.06. The Bertz CT molecular complexity index is 833. The van der Waals surface area contributed by atoms with Crippen molar-refractivity contribution in [1.82, 2.24) is 4.98 Å². The number of nitrogens with two attached hydrogens (primary N) is 1. The fourth-order valence-electron chi connectivity index (χ4n) is 2.11. The zero-order valence-corrected chi connectivity index (χ0v) is 11.8. The summed E-state index contributed by atoms with van der Waals surface area (Å²) in [6.45, 7) is 0. The van der Waals surface area contributed by atoms with Crippen LogP contribution < -0.4 is 11.1 Å².